The molecule has 1 aromatic rings. The molecule has 3 nitrogen and oxygen atoms in total. The van der Waals surface area contributed by atoms with Crippen LogP contribution in [0.25, 0.3) is 0 Å². The molecule has 1 heterocycles. The SMILES string of the molecule is OCCc1ccccc1OCCCN1CCCC1. The molecule has 0 amide bonds. The Morgan fingerprint density at radius 3 is 2.72 bits per heavy atom. The van der Waals surface area contributed by atoms with E-state index >= 15 is 0 Å². The number of aliphatic hydroxyl groups excluding tert-OH is 1. The Balaban J connectivity index is 1.72. The zero-order chi connectivity index (χ0) is 12.6. The van der Waals surface area contributed by atoms with Crippen molar-refractivity contribution in [1.29, 1.82) is 0 Å². The van der Waals surface area contributed by atoms with Crippen LogP contribution in [0.3, 0.4) is 0 Å². The van der Waals surface area contributed by atoms with Gasteiger partial charge in [0, 0.05) is 13.2 Å². The van der Waals surface area contributed by atoms with Crippen molar-refractivity contribution in [3.63, 3.8) is 0 Å². The lowest BCUT2D eigenvalue weighted by Crippen LogP contribution is -2.22. The van der Waals surface area contributed by atoms with Crippen LogP contribution in [0.2, 0.25) is 0 Å². The van der Waals surface area contributed by atoms with Gasteiger partial charge in [0.2, 0.25) is 0 Å². The van der Waals surface area contributed by atoms with Gasteiger partial charge in [-0.3, -0.25) is 0 Å². The third-order valence-electron chi connectivity index (χ3n) is 3.43. The maximum absolute atomic E-state index is 9.00. The third-order valence-corrected chi connectivity index (χ3v) is 3.43. The lowest BCUT2D eigenvalue weighted by molar-refractivity contribution is 0.258. The van der Waals surface area contributed by atoms with E-state index in [0.717, 1.165) is 30.9 Å². The molecule has 0 saturated carbocycles. The van der Waals surface area contributed by atoms with Gasteiger partial charge in [0.05, 0.1) is 6.61 Å². The number of hydrogen-bond donors (Lipinski definition) is 1. The first kappa shape index (κ1) is 13.4. The molecule has 3 heteroatoms. The summed E-state index contributed by atoms with van der Waals surface area (Å²) in [5, 5.41) is 9.00. The highest BCUT2D eigenvalue weighted by atomic mass is 16.5. The van der Waals surface area contributed by atoms with Crippen LogP contribution < -0.4 is 4.74 Å². The van der Waals surface area contributed by atoms with Gasteiger partial charge < -0.3 is 14.7 Å². The van der Waals surface area contributed by atoms with Crippen molar-refractivity contribution in [2.24, 2.45) is 0 Å². The topological polar surface area (TPSA) is 32.7 Å². The zero-order valence-electron chi connectivity index (χ0n) is 11.0. The second-order valence-electron chi connectivity index (χ2n) is 4.83. The number of likely N-dealkylation sites (tertiary alicyclic amines) is 1. The van der Waals surface area contributed by atoms with Crippen molar-refractivity contribution in [3.8, 4) is 5.75 Å². The van der Waals surface area contributed by atoms with Gasteiger partial charge in [-0.25, -0.2) is 0 Å². The lowest BCUT2D eigenvalue weighted by atomic mass is 10.1. The Bertz CT molecular complexity index is 348. The summed E-state index contributed by atoms with van der Waals surface area (Å²) < 4.78 is 5.81. The summed E-state index contributed by atoms with van der Waals surface area (Å²) >= 11 is 0. The number of para-hydroxylation sites is 1. The number of rotatable bonds is 7. The van der Waals surface area contributed by atoms with E-state index in [4.69, 9.17) is 9.84 Å². The first-order valence-corrected chi connectivity index (χ1v) is 6.94. The number of ether oxygens (including phenoxy) is 1. The maximum Gasteiger partial charge on any atom is 0.122 e. The van der Waals surface area contributed by atoms with Crippen molar-refractivity contribution < 1.29 is 9.84 Å². The molecule has 0 spiro atoms. The predicted molar refractivity (Wildman–Crippen MR) is 73.0 cm³/mol. The Labute approximate surface area is 109 Å². The molecule has 0 atom stereocenters. The highest BCUT2D eigenvalue weighted by Crippen LogP contribution is 2.18. The number of aliphatic hydroxyl groups is 1. The largest absolute Gasteiger partial charge is 0.493 e. The van der Waals surface area contributed by atoms with Crippen LogP contribution in [-0.2, 0) is 6.42 Å². The molecule has 1 aliphatic heterocycles. The predicted octanol–water partition coefficient (Wildman–Crippen LogP) is 2.09. The van der Waals surface area contributed by atoms with E-state index in [1.54, 1.807) is 0 Å². The highest BCUT2D eigenvalue weighted by molar-refractivity contribution is 5.33. The molecule has 0 aliphatic carbocycles. The smallest absolute Gasteiger partial charge is 0.122 e. The average Bonchev–Trinajstić information content (AvgIpc) is 2.90. The summed E-state index contributed by atoms with van der Waals surface area (Å²) in [6.07, 6.45) is 4.44. The molecule has 0 aromatic heterocycles. The van der Waals surface area contributed by atoms with Gasteiger partial charge in [-0.05, 0) is 50.4 Å². The zero-order valence-corrected chi connectivity index (χ0v) is 11.0. The van der Waals surface area contributed by atoms with Crippen LogP contribution in [0.1, 0.15) is 24.8 Å². The van der Waals surface area contributed by atoms with Gasteiger partial charge in [-0.1, -0.05) is 18.2 Å². The maximum atomic E-state index is 9.00. The molecule has 0 radical (unpaired) electrons. The minimum Gasteiger partial charge on any atom is -0.493 e. The van der Waals surface area contributed by atoms with Crippen LogP contribution in [0.4, 0.5) is 0 Å². The van der Waals surface area contributed by atoms with E-state index < -0.39 is 0 Å². The van der Waals surface area contributed by atoms with Crippen LogP contribution >= 0.6 is 0 Å². The fourth-order valence-corrected chi connectivity index (χ4v) is 2.45. The minimum atomic E-state index is 0.175. The minimum absolute atomic E-state index is 0.175. The summed E-state index contributed by atoms with van der Waals surface area (Å²) in [7, 11) is 0. The van der Waals surface area contributed by atoms with E-state index in [0.29, 0.717) is 6.42 Å². The Kier molecular flexibility index (Phi) is 5.49. The standard InChI is InChI=1S/C15H23NO2/c17-12-8-14-6-1-2-7-15(14)18-13-5-11-16-9-3-4-10-16/h1-2,6-7,17H,3-5,8-13H2. The van der Waals surface area contributed by atoms with E-state index in [9.17, 15) is 0 Å². The van der Waals surface area contributed by atoms with Crippen molar-refractivity contribution >= 4 is 0 Å². The van der Waals surface area contributed by atoms with E-state index in [2.05, 4.69) is 4.90 Å². The van der Waals surface area contributed by atoms with E-state index in [-0.39, 0.29) is 6.61 Å². The third kappa shape index (κ3) is 4.00. The summed E-state index contributed by atoms with van der Waals surface area (Å²) in [6.45, 7) is 4.58. The molecule has 1 aromatic carbocycles. The van der Waals surface area contributed by atoms with Crippen LogP contribution in [0, 0.1) is 0 Å². The molecule has 100 valence electrons. The average molecular weight is 249 g/mol. The van der Waals surface area contributed by atoms with Gasteiger partial charge in [0.25, 0.3) is 0 Å². The molecule has 0 bridgehead atoms. The van der Waals surface area contributed by atoms with Crippen molar-refractivity contribution in [2.45, 2.75) is 25.7 Å². The molecular formula is C15H23NO2. The number of benzene rings is 1. The van der Waals surface area contributed by atoms with Crippen LogP contribution in [-0.4, -0.2) is 42.9 Å². The number of hydrogen-bond acceptors (Lipinski definition) is 3. The monoisotopic (exact) mass is 249 g/mol. The van der Waals surface area contributed by atoms with Crippen LogP contribution in [0.5, 0.6) is 5.75 Å². The molecule has 0 unspecified atom stereocenters. The Morgan fingerprint density at radius 1 is 1.17 bits per heavy atom. The first-order valence-electron chi connectivity index (χ1n) is 6.94. The van der Waals surface area contributed by atoms with E-state index in [1.165, 1.54) is 25.9 Å². The summed E-state index contributed by atoms with van der Waals surface area (Å²) in [6, 6.07) is 7.98. The van der Waals surface area contributed by atoms with Gasteiger partial charge in [0.15, 0.2) is 0 Å². The van der Waals surface area contributed by atoms with Gasteiger partial charge >= 0.3 is 0 Å². The van der Waals surface area contributed by atoms with Crippen molar-refractivity contribution in [2.75, 3.05) is 32.8 Å². The summed E-state index contributed by atoms with van der Waals surface area (Å²) in [5.41, 5.74) is 1.10. The van der Waals surface area contributed by atoms with Crippen molar-refractivity contribution in [3.05, 3.63) is 29.8 Å². The fourth-order valence-electron chi connectivity index (χ4n) is 2.45. The fraction of sp³-hybridized carbons (Fsp3) is 0.600. The van der Waals surface area contributed by atoms with Gasteiger partial charge in [-0.15, -0.1) is 0 Å². The first-order chi connectivity index (χ1) is 8.90. The quantitative estimate of drug-likeness (QED) is 0.751. The summed E-state index contributed by atoms with van der Waals surface area (Å²) in [5.74, 6) is 0.924. The van der Waals surface area contributed by atoms with Crippen molar-refractivity contribution in [1.82, 2.24) is 4.90 Å². The molecule has 2 rings (SSSR count). The molecule has 1 saturated heterocycles. The summed E-state index contributed by atoms with van der Waals surface area (Å²) in [4.78, 5) is 2.50. The van der Waals surface area contributed by atoms with E-state index in [1.807, 2.05) is 24.3 Å². The Morgan fingerprint density at radius 2 is 1.94 bits per heavy atom. The van der Waals surface area contributed by atoms with Gasteiger partial charge in [-0.2, -0.15) is 0 Å². The molecule has 18 heavy (non-hydrogen) atoms. The molecule has 1 N–H and O–H groups in total. The molecule has 1 aliphatic rings. The Hall–Kier alpha value is -1.06. The van der Waals surface area contributed by atoms with Gasteiger partial charge in [0.1, 0.15) is 5.75 Å². The molecule has 1 fully saturated rings. The highest BCUT2D eigenvalue weighted by Gasteiger charge is 2.10. The molecular weight excluding hydrogens is 226 g/mol. The van der Waals surface area contributed by atoms with Crippen LogP contribution in [0.15, 0.2) is 24.3 Å². The normalized spacial score (nSPS) is 16.1. The second kappa shape index (κ2) is 7.39. The number of nitrogens with zero attached hydrogens (tertiary/aromatic N) is 1. The lowest BCUT2D eigenvalue weighted by Gasteiger charge is -2.15. The second-order valence-corrected chi connectivity index (χ2v) is 4.83.